The summed E-state index contributed by atoms with van der Waals surface area (Å²) in [6.07, 6.45) is 3.15. The number of aromatic nitrogens is 1. The number of aliphatic carboxylic acids is 1. The fourth-order valence-electron chi connectivity index (χ4n) is 3.08. The summed E-state index contributed by atoms with van der Waals surface area (Å²) in [5, 5.41) is 27.4. The van der Waals surface area contributed by atoms with Crippen molar-refractivity contribution in [3.05, 3.63) is 87.3 Å². The summed E-state index contributed by atoms with van der Waals surface area (Å²) >= 11 is 0. The van der Waals surface area contributed by atoms with Crippen LogP contribution in [-0.2, 0) is 9.53 Å². The summed E-state index contributed by atoms with van der Waals surface area (Å²) in [5.41, 5.74) is 2.11. The SMILES string of the molecule is COC(=C1C(C)=C(Nc2ccncc2)NC(C(=O)O)c2ccccc21)[N+](=O)[O-]. The van der Waals surface area contributed by atoms with Crippen LogP contribution in [0.25, 0.3) is 5.57 Å². The van der Waals surface area contributed by atoms with Gasteiger partial charge in [0.05, 0.1) is 7.11 Å². The van der Waals surface area contributed by atoms with Crippen LogP contribution in [0.5, 0.6) is 0 Å². The maximum Gasteiger partial charge on any atom is 0.436 e. The molecule has 1 aliphatic rings. The van der Waals surface area contributed by atoms with Gasteiger partial charge in [-0.15, -0.1) is 0 Å². The second-order valence-electron chi connectivity index (χ2n) is 6.01. The van der Waals surface area contributed by atoms with Crippen LogP contribution >= 0.6 is 0 Å². The number of hydrogen-bond donors (Lipinski definition) is 3. The molecule has 144 valence electrons. The number of allylic oxidation sites excluding steroid dienone is 2. The zero-order valence-corrected chi connectivity index (χ0v) is 15.2. The van der Waals surface area contributed by atoms with E-state index in [1.807, 2.05) is 0 Å². The third-order valence-electron chi connectivity index (χ3n) is 4.35. The molecule has 9 heteroatoms. The lowest BCUT2D eigenvalue weighted by molar-refractivity contribution is -0.460. The molecule has 2 aromatic rings. The van der Waals surface area contributed by atoms with Gasteiger partial charge < -0.3 is 20.5 Å². The highest BCUT2D eigenvalue weighted by molar-refractivity contribution is 5.88. The van der Waals surface area contributed by atoms with Gasteiger partial charge in [0, 0.05) is 23.7 Å². The number of carboxylic acids is 1. The number of rotatable bonds is 5. The Bertz CT molecular complexity index is 985. The Morgan fingerprint density at radius 2 is 1.96 bits per heavy atom. The van der Waals surface area contributed by atoms with Crippen LogP contribution in [-0.4, -0.2) is 28.1 Å². The Balaban J connectivity index is 2.28. The zero-order valence-electron chi connectivity index (χ0n) is 15.2. The van der Waals surface area contributed by atoms with Gasteiger partial charge in [-0.1, -0.05) is 24.3 Å². The van der Waals surface area contributed by atoms with Crippen molar-refractivity contribution in [1.82, 2.24) is 10.3 Å². The van der Waals surface area contributed by atoms with Gasteiger partial charge >= 0.3 is 11.9 Å². The average molecular weight is 382 g/mol. The molecule has 0 aliphatic carbocycles. The van der Waals surface area contributed by atoms with Crippen LogP contribution in [0.15, 0.2) is 66.1 Å². The summed E-state index contributed by atoms with van der Waals surface area (Å²) in [4.78, 5) is 26.9. The molecule has 1 aromatic carbocycles. The molecule has 1 atom stereocenters. The van der Waals surface area contributed by atoms with E-state index in [0.717, 1.165) is 0 Å². The molecule has 0 radical (unpaired) electrons. The molecule has 1 unspecified atom stereocenters. The van der Waals surface area contributed by atoms with Gasteiger partial charge in [0.2, 0.25) is 0 Å². The number of carboxylic acid groups (broad SMARTS) is 1. The first-order valence-electron chi connectivity index (χ1n) is 8.33. The molecule has 0 bridgehead atoms. The van der Waals surface area contributed by atoms with Gasteiger partial charge in [0.15, 0.2) is 6.04 Å². The lowest BCUT2D eigenvalue weighted by atomic mass is 9.93. The number of fused-ring (bicyclic) bond motifs is 1. The van der Waals surface area contributed by atoms with Gasteiger partial charge in [-0.05, 0) is 30.2 Å². The molecule has 1 aliphatic heterocycles. The summed E-state index contributed by atoms with van der Waals surface area (Å²) in [7, 11) is 1.21. The molecule has 1 aromatic heterocycles. The monoisotopic (exact) mass is 382 g/mol. The van der Waals surface area contributed by atoms with Gasteiger partial charge in [-0.25, -0.2) is 4.79 Å². The van der Waals surface area contributed by atoms with Crippen molar-refractivity contribution in [3.63, 3.8) is 0 Å². The minimum Gasteiger partial charge on any atom is -0.479 e. The van der Waals surface area contributed by atoms with Gasteiger partial charge in [0.25, 0.3) is 0 Å². The summed E-state index contributed by atoms with van der Waals surface area (Å²) in [6.45, 7) is 1.66. The largest absolute Gasteiger partial charge is 0.479 e. The van der Waals surface area contributed by atoms with Crippen molar-refractivity contribution in [3.8, 4) is 0 Å². The zero-order chi connectivity index (χ0) is 20.3. The highest BCUT2D eigenvalue weighted by Crippen LogP contribution is 2.37. The first-order chi connectivity index (χ1) is 13.4. The van der Waals surface area contributed by atoms with E-state index in [1.54, 1.807) is 55.7 Å². The molecule has 3 N–H and O–H groups in total. The Hall–Kier alpha value is -3.88. The van der Waals surface area contributed by atoms with E-state index in [4.69, 9.17) is 4.74 Å². The van der Waals surface area contributed by atoms with Crippen molar-refractivity contribution in [2.45, 2.75) is 13.0 Å². The third kappa shape index (κ3) is 3.50. The molecule has 3 rings (SSSR count). The van der Waals surface area contributed by atoms with Gasteiger partial charge in [0.1, 0.15) is 16.3 Å². The van der Waals surface area contributed by atoms with E-state index >= 15 is 0 Å². The fraction of sp³-hybridized carbons (Fsp3) is 0.158. The van der Waals surface area contributed by atoms with E-state index in [-0.39, 0.29) is 5.57 Å². The van der Waals surface area contributed by atoms with Crippen molar-refractivity contribution < 1.29 is 19.6 Å². The molecule has 0 saturated heterocycles. The minimum absolute atomic E-state index is 0.205. The third-order valence-corrected chi connectivity index (χ3v) is 4.35. The molecule has 0 amide bonds. The molecular formula is C19H18N4O5. The second-order valence-corrected chi connectivity index (χ2v) is 6.01. The number of nitro groups is 1. The van der Waals surface area contributed by atoms with Crippen LogP contribution in [0.2, 0.25) is 0 Å². The first-order valence-corrected chi connectivity index (χ1v) is 8.33. The number of methoxy groups -OCH3 is 1. The number of benzene rings is 1. The Kier molecular flexibility index (Phi) is 5.25. The minimum atomic E-state index is -1.12. The van der Waals surface area contributed by atoms with E-state index < -0.39 is 22.8 Å². The number of pyridine rings is 1. The molecule has 0 saturated carbocycles. The number of ether oxygens (including phenoxy) is 1. The molecule has 0 spiro atoms. The number of hydrogen-bond acceptors (Lipinski definition) is 7. The maximum atomic E-state index is 12.0. The van der Waals surface area contributed by atoms with Gasteiger partial charge in [-0.2, -0.15) is 0 Å². The standard InChI is InChI=1S/C19H18N4O5/c1-11-15(18(28-2)23(26)27)13-5-3-4-6-14(13)16(19(24)25)22-17(11)21-12-7-9-20-10-8-12/h3-10,16,22H,1-2H3,(H,20,21)(H,24,25). The molecule has 9 nitrogen and oxygen atoms in total. The van der Waals surface area contributed by atoms with Crippen molar-refractivity contribution in [2.75, 3.05) is 12.4 Å². The smallest absolute Gasteiger partial charge is 0.436 e. The molecular weight excluding hydrogens is 364 g/mol. The number of carbonyl (C=O) groups is 1. The van der Waals surface area contributed by atoms with Crippen LogP contribution in [0.4, 0.5) is 5.69 Å². The first kappa shape index (κ1) is 18.9. The number of anilines is 1. The van der Waals surface area contributed by atoms with E-state index in [9.17, 15) is 20.0 Å². The average Bonchev–Trinajstić information content (AvgIpc) is 2.80. The van der Waals surface area contributed by atoms with Crippen molar-refractivity contribution in [1.29, 1.82) is 0 Å². The predicted octanol–water partition coefficient (Wildman–Crippen LogP) is 2.75. The Morgan fingerprint density at radius 1 is 1.29 bits per heavy atom. The van der Waals surface area contributed by atoms with E-state index in [2.05, 4.69) is 15.6 Å². The molecule has 28 heavy (non-hydrogen) atoms. The van der Waals surface area contributed by atoms with Crippen LogP contribution in [0.1, 0.15) is 24.1 Å². The molecule has 0 fully saturated rings. The second kappa shape index (κ2) is 7.78. The summed E-state index contributed by atoms with van der Waals surface area (Å²) < 4.78 is 5.06. The number of nitrogens with one attached hydrogen (secondary N) is 2. The van der Waals surface area contributed by atoms with Crippen LogP contribution < -0.4 is 10.6 Å². The Labute approximate surface area is 160 Å². The topological polar surface area (TPSA) is 127 Å². The summed E-state index contributed by atoms with van der Waals surface area (Å²) in [6, 6.07) is 8.93. The quantitative estimate of drug-likeness (QED) is 0.409. The van der Waals surface area contributed by atoms with E-state index in [1.165, 1.54) is 7.11 Å². The lowest BCUT2D eigenvalue weighted by Gasteiger charge is -2.19. The van der Waals surface area contributed by atoms with Crippen molar-refractivity contribution >= 4 is 17.2 Å². The molecule has 2 heterocycles. The highest BCUT2D eigenvalue weighted by Gasteiger charge is 2.34. The van der Waals surface area contributed by atoms with Crippen molar-refractivity contribution in [2.24, 2.45) is 0 Å². The predicted molar refractivity (Wildman–Crippen MR) is 101 cm³/mol. The maximum absolute atomic E-state index is 12.0. The summed E-state index contributed by atoms with van der Waals surface area (Å²) in [5.74, 6) is -1.26. The van der Waals surface area contributed by atoms with E-state index in [0.29, 0.717) is 28.2 Å². The highest BCUT2D eigenvalue weighted by atomic mass is 16.7. The van der Waals surface area contributed by atoms with Gasteiger partial charge in [-0.3, -0.25) is 15.1 Å². The van der Waals surface area contributed by atoms with Crippen LogP contribution in [0, 0.1) is 10.1 Å². The number of nitrogens with zero attached hydrogens (tertiary/aromatic N) is 2. The Morgan fingerprint density at radius 3 is 2.57 bits per heavy atom. The fourth-order valence-corrected chi connectivity index (χ4v) is 3.08. The van der Waals surface area contributed by atoms with Crippen LogP contribution in [0.3, 0.4) is 0 Å². The normalized spacial score (nSPS) is 17.7. The lowest BCUT2D eigenvalue weighted by Crippen LogP contribution is -2.30.